The number of benzene rings is 2. The molecule has 4 aromatic rings. The SMILES string of the molecule is Cc1c(Nc2nccc(N(C)c3n[nH]c4ccc(F)cc34)n2)cccc1S(C)(=O)=O. The van der Waals surface area contributed by atoms with E-state index in [0.29, 0.717) is 39.7 Å². The first-order chi connectivity index (χ1) is 14.2. The average Bonchev–Trinajstić information content (AvgIpc) is 3.11. The Labute approximate surface area is 172 Å². The summed E-state index contributed by atoms with van der Waals surface area (Å²) >= 11 is 0. The molecule has 0 amide bonds. The van der Waals surface area contributed by atoms with Gasteiger partial charge in [-0.25, -0.2) is 17.8 Å². The van der Waals surface area contributed by atoms with Crippen LogP contribution < -0.4 is 10.2 Å². The number of aromatic nitrogens is 4. The van der Waals surface area contributed by atoms with Gasteiger partial charge in [-0.15, -0.1) is 0 Å². The van der Waals surface area contributed by atoms with Gasteiger partial charge in [-0.05, 0) is 48.9 Å². The van der Waals surface area contributed by atoms with Crippen molar-refractivity contribution in [3.05, 3.63) is 60.0 Å². The van der Waals surface area contributed by atoms with Gasteiger partial charge in [0.1, 0.15) is 11.6 Å². The number of hydrogen-bond acceptors (Lipinski definition) is 7. The van der Waals surface area contributed by atoms with Gasteiger partial charge in [-0.2, -0.15) is 10.1 Å². The van der Waals surface area contributed by atoms with Crippen LogP contribution >= 0.6 is 0 Å². The van der Waals surface area contributed by atoms with E-state index in [0.717, 1.165) is 0 Å². The molecule has 0 aliphatic heterocycles. The van der Waals surface area contributed by atoms with Crippen molar-refractivity contribution in [2.45, 2.75) is 11.8 Å². The summed E-state index contributed by atoms with van der Waals surface area (Å²) in [6, 6.07) is 11.1. The molecular weight excluding hydrogens is 407 g/mol. The summed E-state index contributed by atoms with van der Waals surface area (Å²) < 4.78 is 37.6. The highest BCUT2D eigenvalue weighted by Crippen LogP contribution is 2.29. The fourth-order valence-corrected chi connectivity index (χ4v) is 4.20. The molecule has 0 aliphatic carbocycles. The number of fused-ring (bicyclic) bond motifs is 1. The van der Waals surface area contributed by atoms with E-state index in [2.05, 4.69) is 25.5 Å². The van der Waals surface area contributed by atoms with Gasteiger partial charge in [-0.3, -0.25) is 5.10 Å². The van der Waals surface area contributed by atoms with Crippen molar-refractivity contribution in [3.63, 3.8) is 0 Å². The second-order valence-electron chi connectivity index (χ2n) is 6.86. The summed E-state index contributed by atoms with van der Waals surface area (Å²) in [6.07, 6.45) is 2.74. The predicted molar refractivity (Wildman–Crippen MR) is 114 cm³/mol. The minimum Gasteiger partial charge on any atom is -0.324 e. The number of nitrogens with one attached hydrogen (secondary N) is 2. The van der Waals surface area contributed by atoms with E-state index >= 15 is 0 Å². The first-order valence-electron chi connectivity index (χ1n) is 9.01. The third kappa shape index (κ3) is 3.69. The Bertz CT molecular complexity index is 1350. The van der Waals surface area contributed by atoms with Gasteiger partial charge in [0.15, 0.2) is 15.7 Å². The molecule has 4 rings (SSSR count). The second-order valence-corrected chi connectivity index (χ2v) is 8.84. The number of H-pyrrole nitrogens is 1. The molecule has 2 N–H and O–H groups in total. The molecule has 2 aromatic heterocycles. The third-order valence-corrected chi connectivity index (χ3v) is 5.98. The first kappa shape index (κ1) is 19.8. The molecule has 0 saturated carbocycles. The molecule has 0 bridgehead atoms. The first-order valence-corrected chi connectivity index (χ1v) is 10.9. The van der Waals surface area contributed by atoms with Crippen molar-refractivity contribution in [1.29, 1.82) is 0 Å². The van der Waals surface area contributed by atoms with E-state index in [1.54, 1.807) is 55.4 Å². The van der Waals surface area contributed by atoms with Gasteiger partial charge in [0.25, 0.3) is 0 Å². The van der Waals surface area contributed by atoms with Crippen molar-refractivity contribution in [3.8, 4) is 0 Å². The molecule has 30 heavy (non-hydrogen) atoms. The Morgan fingerprint density at radius 1 is 1.17 bits per heavy atom. The highest BCUT2D eigenvalue weighted by atomic mass is 32.2. The van der Waals surface area contributed by atoms with Crippen LogP contribution in [0.15, 0.2) is 53.6 Å². The quantitative estimate of drug-likeness (QED) is 0.501. The van der Waals surface area contributed by atoms with E-state index in [4.69, 9.17) is 0 Å². The number of anilines is 4. The standard InChI is InChI=1S/C20H19FN6O2S/c1-12-15(5-4-6-17(12)30(3,28)29)23-20-22-10-9-18(24-20)27(2)19-14-11-13(21)7-8-16(14)25-26-19/h4-11H,1-3H3,(H,25,26)(H,22,23,24). The van der Waals surface area contributed by atoms with Gasteiger partial charge < -0.3 is 10.2 Å². The fourth-order valence-electron chi connectivity index (χ4n) is 3.20. The van der Waals surface area contributed by atoms with Crippen LogP contribution in [0.25, 0.3) is 10.9 Å². The predicted octanol–water partition coefficient (Wildman–Crippen LogP) is 3.72. The maximum Gasteiger partial charge on any atom is 0.229 e. The van der Waals surface area contributed by atoms with Crippen LogP contribution in [-0.2, 0) is 9.84 Å². The lowest BCUT2D eigenvalue weighted by atomic mass is 10.2. The van der Waals surface area contributed by atoms with E-state index < -0.39 is 9.84 Å². The van der Waals surface area contributed by atoms with E-state index in [1.807, 2.05) is 0 Å². The van der Waals surface area contributed by atoms with Crippen LogP contribution in [0, 0.1) is 12.7 Å². The molecule has 0 radical (unpaired) electrons. The Morgan fingerprint density at radius 2 is 1.97 bits per heavy atom. The highest BCUT2D eigenvalue weighted by molar-refractivity contribution is 7.90. The number of nitrogens with zero attached hydrogens (tertiary/aromatic N) is 4. The summed E-state index contributed by atoms with van der Waals surface area (Å²) in [5, 5.41) is 10.8. The van der Waals surface area contributed by atoms with Crippen LogP contribution in [-0.4, -0.2) is 41.9 Å². The fraction of sp³-hybridized carbons (Fsp3) is 0.150. The van der Waals surface area contributed by atoms with Gasteiger partial charge >= 0.3 is 0 Å². The lowest BCUT2D eigenvalue weighted by Crippen LogP contribution is -2.13. The lowest BCUT2D eigenvalue weighted by Gasteiger charge is -2.17. The highest BCUT2D eigenvalue weighted by Gasteiger charge is 2.16. The topological polar surface area (TPSA) is 104 Å². The third-order valence-electron chi connectivity index (χ3n) is 4.74. The maximum atomic E-state index is 13.7. The zero-order valence-electron chi connectivity index (χ0n) is 16.5. The number of hydrogen-bond donors (Lipinski definition) is 2. The number of sulfone groups is 1. The molecular formula is C20H19FN6O2S. The van der Waals surface area contributed by atoms with Crippen LogP contribution in [0.1, 0.15) is 5.56 Å². The molecule has 0 unspecified atom stereocenters. The second kappa shape index (κ2) is 7.38. The van der Waals surface area contributed by atoms with E-state index in [1.165, 1.54) is 18.4 Å². The minimum atomic E-state index is -3.36. The summed E-state index contributed by atoms with van der Waals surface area (Å²) in [6.45, 7) is 1.72. The Morgan fingerprint density at radius 3 is 2.73 bits per heavy atom. The average molecular weight is 426 g/mol. The lowest BCUT2D eigenvalue weighted by molar-refractivity contribution is 0.601. The smallest absolute Gasteiger partial charge is 0.229 e. The molecule has 0 spiro atoms. The molecule has 8 nitrogen and oxygen atoms in total. The van der Waals surface area contributed by atoms with Crippen molar-refractivity contribution < 1.29 is 12.8 Å². The summed E-state index contributed by atoms with van der Waals surface area (Å²) in [5.74, 6) is 0.982. The van der Waals surface area contributed by atoms with Crippen molar-refractivity contribution in [2.75, 3.05) is 23.5 Å². The zero-order valence-corrected chi connectivity index (χ0v) is 17.3. The minimum absolute atomic E-state index is 0.241. The zero-order chi connectivity index (χ0) is 21.5. The monoisotopic (exact) mass is 426 g/mol. The van der Waals surface area contributed by atoms with E-state index in [-0.39, 0.29) is 10.7 Å². The van der Waals surface area contributed by atoms with Crippen LogP contribution in [0.5, 0.6) is 0 Å². The largest absolute Gasteiger partial charge is 0.324 e. The van der Waals surface area contributed by atoms with E-state index in [9.17, 15) is 12.8 Å². The van der Waals surface area contributed by atoms with Crippen LogP contribution in [0.3, 0.4) is 0 Å². The van der Waals surface area contributed by atoms with Crippen LogP contribution in [0.4, 0.5) is 27.7 Å². The molecule has 0 saturated heterocycles. The molecule has 2 aromatic carbocycles. The van der Waals surface area contributed by atoms with Gasteiger partial charge in [0.05, 0.1) is 10.4 Å². The van der Waals surface area contributed by atoms with Crippen molar-refractivity contribution in [2.24, 2.45) is 0 Å². The number of aromatic amines is 1. The molecule has 0 fully saturated rings. The summed E-state index contributed by atoms with van der Waals surface area (Å²) in [4.78, 5) is 10.7. The Balaban J connectivity index is 1.67. The molecule has 2 heterocycles. The molecule has 154 valence electrons. The molecule has 10 heteroatoms. The Hall–Kier alpha value is -3.53. The summed E-state index contributed by atoms with van der Waals surface area (Å²) in [5.41, 5.74) is 1.88. The van der Waals surface area contributed by atoms with Crippen molar-refractivity contribution in [1.82, 2.24) is 20.2 Å². The Kier molecular flexibility index (Phi) is 4.86. The van der Waals surface area contributed by atoms with Gasteiger partial charge in [0, 0.05) is 30.6 Å². The number of halogens is 1. The maximum absolute atomic E-state index is 13.7. The van der Waals surface area contributed by atoms with Crippen molar-refractivity contribution >= 4 is 44.0 Å². The molecule has 0 atom stereocenters. The normalized spacial score (nSPS) is 11.6. The van der Waals surface area contributed by atoms with Gasteiger partial charge in [-0.1, -0.05) is 6.07 Å². The molecule has 0 aliphatic rings. The number of rotatable bonds is 5. The van der Waals surface area contributed by atoms with Crippen LogP contribution in [0.2, 0.25) is 0 Å². The van der Waals surface area contributed by atoms with Gasteiger partial charge in [0.2, 0.25) is 5.95 Å². The summed E-state index contributed by atoms with van der Waals surface area (Å²) in [7, 11) is -1.59.